The van der Waals surface area contributed by atoms with Crippen LogP contribution in [-0.2, 0) is 5.41 Å². The maximum atomic E-state index is 3.78. The minimum Gasteiger partial charge on any atom is -0.0991 e. The van der Waals surface area contributed by atoms with Crippen LogP contribution in [0.15, 0.2) is 205 Å². The second-order valence-corrected chi connectivity index (χ2v) is 19.2. The summed E-state index contributed by atoms with van der Waals surface area (Å²) >= 11 is 0. The molecule has 0 fully saturated rings. The van der Waals surface area contributed by atoms with Gasteiger partial charge in [-0.15, -0.1) is 0 Å². The predicted molar refractivity (Wildman–Crippen MR) is 322 cm³/mol. The van der Waals surface area contributed by atoms with Crippen molar-refractivity contribution >= 4 is 32.3 Å². The van der Waals surface area contributed by atoms with Crippen molar-refractivity contribution < 1.29 is 0 Å². The van der Waals surface area contributed by atoms with Crippen LogP contribution < -0.4 is 0 Å². The zero-order valence-corrected chi connectivity index (χ0v) is 46.9. The Labute approximate surface area is 432 Å². The summed E-state index contributed by atoms with van der Waals surface area (Å²) in [5.41, 5.74) is 19.7. The van der Waals surface area contributed by atoms with Gasteiger partial charge in [-0.2, -0.15) is 0 Å². The summed E-state index contributed by atoms with van der Waals surface area (Å²) in [6, 6.07) is 57.2. The Hall–Kier alpha value is -6.50. The van der Waals surface area contributed by atoms with E-state index < -0.39 is 0 Å². The maximum absolute atomic E-state index is 3.78. The highest BCUT2D eigenvalue weighted by molar-refractivity contribution is 6.10. The van der Waals surface area contributed by atoms with E-state index in [4.69, 9.17) is 0 Å². The van der Waals surface area contributed by atoms with Gasteiger partial charge in [0.1, 0.15) is 0 Å². The molecule has 0 radical (unpaired) electrons. The second kappa shape index (κ2) is 26.6. The van der Waals surface area contributed by atoms with E-state index in [9.17, 15) is 0 Å². The summed E-state index contributed by atoms with van der Waals surface area (Å²) in [6.45, 7) is 40.2. The Morgan fingerprint density at radius 3 is 1.68 bits per heavy atom. The summed E-state index contributed by atoms with van der Waals surface area (Å²) in [4.78, 5) is 0. The lowest BCUT2D eigenvalue weighted by Crippen LogP contribution is -2.16. The van der Waals surface area contributed by atoms with Crippen molar-refractivity contribution in [3.8, 4) is 33.4 Å². The largest absolute Gasteiger partial charge is 0.0991 e. The van der Waals surface area contributed by atoms with E-state index in [1.807, 2.05) is 61.5 Å². The maximum Gasteiger partial charge on any atom is 0.0165 e. The summed E-state index contributed by atoms with van der Waals surface area (Å²) in [5.74, 6) is 0. The van der Waals surface area contributed by atoms with E-state index >= 15 is 0 Å². The lowest BCUT2D eigenvalue weighted by atomic mass is 9.76. The van der Waals surface area contributed by atoms with E-state index in [1.165, 1.54) is 123 Å². The van der Waals surface area contributed by atoms with E-state index in [-0.39, 0.29) is 10.8 Å². The van der Waals surface area contributed by atoms with E-state index in [0.717, 1.165) is 0 Å². The van der Waals surface area contributed by atoms with Crippen LogP contribution in [0.5, 0.6) is 0 Å². The number of rotatable bonds is 4. The van der Waals surface area contributed by atoms with Gasteiger partial charge in [-0.05, 0) is 151 Å². The van der Waals surface area contributed by atoms with Gasteiger partial charge in [0.05, 0.1) is 0 Å². The van der Waals surface area contributed by atoms with Crippen molar-refractivity contribution in [1.82, 2.24) is 0 Å². The second-order valence-electron chi connectivity index (χ2n) is 19.2. The van der Waals surface area contributed by atoms with Gasteiger partial charge in [-0.1, -0.05) is 278 Å². The normalized spacial score (nSPS) is 13.0. The molecule has 2 aliphatic rings. The molecule has 0 saturated carbocycles. The lowest BCUT2D eigenvalue weighted by Gasteiger charge is -2.29. The molecule has 0 nitrogen and oxygen atoms in total. The molecule has 8 aromatic rings. The van der Waals surface area contributed by atoms with Crippen molar-refractivity contribution in [1.29, 1.82) is 0 Å². The van der Waals surface area contributed by atoms with Crippen molar-refractivity contribution in [2.45, 2.75) is 136 Å². The van der Waals surface area contributed by atoms with Crippen LogP contribution in [-0.4, -0.2) is 0 Å². The number of hydrogen-bond donors (Lipinski definition) is 0. The van der Waals surface area contributed by atoms with Crippen molar-refractivity contribution in [3.05, 3.63) is 227 Å². The first-order chi connectivity index (χ1) is 34.3. The van der Waals surface area contributed by atoms with Crippen molar-refractivity contribution in [3.63, 3.8) is 0 Å². The minimum absolute atomic E-state index is 0.0577. The molecular formula is C71H86. The van der Waals surface area contributed by atoms with Gasteiger partial charge in [0.2, 0.25) is 0 Å². The van der Waals surface area contributed by atoms with Crippen molar-refractivity contribution in [2.75, 3.05) is 0 Å². The molecule has 370 valence electrons. The molecule has 0 spiro atoms. The van der Waals surface area contributed by atoms with Crippen LogP contribution in [0.1, 0.15) is 139 Å². The van der Waals surface area contributed by atoms with Gasteiger partial charge < -0.3 is 0 Å². The summed E-state index contributed by atoms with van der Waals surface area (Å²) in [7, 11) is 0. The van der Waals surface area contributed by atoms with Crippen LogP contribution in [0.4, 0.5) is 0 Å². The van der Waals surface area contributed by atoms with Gasteiger partial charge >= 0.3 is 0 Å². The average molecular weight is 939 g/mol. The SMILES string of the molecule is C=C/C=C(\C)C1=C(C(C)(C)C)C=C(C)CC1.CC.CC.CC.CC.Cc1ccc(-c2ccccc2)c2ccccc12.Cc1cccc(-c2c3c(cc4ccccc24)-c2c(ccc4ccccc24)C3(C)C)c1. The fourth-order valence-corrected chi connectivity index (χ4v) is 10.0. The molecule has 10 rings (SSSR count). The molecule has 71 heavy (non-hydrogen) atoms. The molecule has 0 N–H and O–H groups in total. The van der Waals surface area contributed by atoms with Crippen LogP contribution in [0.2, 0.25) is 0 Å². The molecule has 0 aliphatic heterocycles. The van der Waals surface area contributed by atoms with Gasteiger partial charge in [0.15, 0.2) is 0 Å². The molecular weight excluding hydrogens is 853 g/mol. The van der Waals surface area contributed by atoms with Crippen LogP contribution >= 0.6 is 0 Å². The molecule has 0 aromatic heterocycles. The molecule has 0 amide bonds. The average Bonchev–Trinajstić information content (AvgIpc) is 3.63. The lowest BCUT2D eigenvalue weighted by molar-refractivity contribution is 0.505. The quantitative estimate of drug-likeness (QED) is 0.154. The molecule has 0 unspecified atom stereocenters. The van der Waals surface area contributed by atoms with E-state index in [0.29, 0.717) is 0 Å². The Kier molecular flexibility index (Phi) is 21.4. The third-order valence-corrected chi connectivity index (χ3v) is 13.2. The fraction of sp³-hybridized carbons (Fsp3) is 0.296. The van der Waals surface area contributed by atoms with E-state index in [1.54, 1.807) is 0 Å². The topological polar surface area (TPSA) is 0 Å². The van der Waals surface area contributed by atoms with Crippen molar-refractivity contribution in [2.24, 2.45) is 5.41 Å². The smallest absolute Gasteiger partial charge is 0.0165 e. The van der Waals surface area contributed by atoms with Crippen LogP contribution in [0, 0.1) is 19.3 Å². The monoisotopic (exact) mass is 939 g/mol. The first-order valence-corrected chi connectivity index (χ1v) is 26.7. The Morgan fingerprint density at radius 2 is 1.07 bits per heavy atom. The van der Waals surface area contributed by atoms with Gasteiger partial charge in [0, 0.05) is 5.41 Å². The Bertz CT molecular complexity index is 3100. The van der Waals surface area contributed by atoms with Gasteiger partial charge in [-0.25, -0.2) is 0 Å². The third-order valence-electron chi connectivity index (χ3n) is 13.2. The molecule has 2 aliphatic carbocycles. The number of allylic oxidation sites excluding steroid dienone is 7. The standard InChI is InChI=1S/C30H24.C17H14.C16H24.4C2H6/c1-19-9-8-12-22(17-19)27-24-14-7-5-11-21(24)18-25-28-23-13-6-4-10-20(23)15-16-26(28)30(2,3)29(25)27;1-13-11-12-16(14-7-3-2-4-8-14)17-10-6-5-9-15(13)17;1-7-8-13(3)14-10-9-12(2)11-15(14)16(4,5)6;4*1-2/h4-18H,1-3H3;2-12H,1H3;7-8,11H,1,9-10H2,2-6H3;4*1-2H3/b;;13-8+;;;;. The number of fused-ring (bicyclic) bond motifs is 7. The van der Waals surface area contributed by atoms with Gasteiger partial charge in [0.25, 0.3) is 0 Å². The zero-order valence-electron chi connectivity index (χ0n) is 46.9. The molecule has 0 heterocycles. The zero-order chi connectivity index (χ0) is 52.5. The summed E-state index contributed by atoms with van der Waals surface area (Å²) in [6.07, 6.45) is 8.74. The Balaban J connectivity index is 0.000000230. The molecule has 8 aromatic carbocycles. The number of benzene rings is 8. The number of hydrogen-bond acceptors (Lipinski definition) is 0. The highest BCUT2D eigenvalue weighted by atomic mass is 14.4. The van der Waals surface area contributed by atoms with Crippen LogP contribution in [0.25, 0.3) is 65.7 Å². The predicted octanol–water partition coefficient (Wildman–Crippen LogP) is 22.4. The first kappa shape index (κ1) is 57.1. The van der Waals surface area contributed by atoms with Gasteiger partial charge in [-0.3, -0.25) is 0 Å². The summed E-state index contributed by atoms with van der Waals surface area (Å²) in [5, 5.41) is 7.99. The molecule has 0 bridgehead atoms. The molecule has 0 saturated heterocycles. The molecule has 0 atom stereocenters. The van der Waals surface area contributed by atoms with Crippen LogP contribution in [0.3, 0.4) is 0 Å². The van der Waals surface area contributed by atoms with E-state index in [2.05, 4.69) is 239 Å². The fourth-order valence-electron chi connectivity index (χ4n) is 10.0. The minimum atomic E-state index is -0.0577. The first-order valence-electron chi connectivity index (χ1n) is 26.7. The highest BCUT2D eigenvalue weighted by Gasteiger charge is 2.39. The highest BCUT2D eigenvalue weighted by Crippen LogP contribution is 2.56. The Morgan fingerprint density at radius 1 is 0.521 bits per heavy atom. The molecule has 0 heteroatoms. The third kappa shape index (κ3) is 12.9. The summed E-state index contributed by atoms with van der Waals surface area (Å²) < 4.78 is 0. The number of aryl methyl sites for hydroxylation is 2.